The van der Waals surface area contributed by atoms with Gasteiger partial charge in [-0.2, -0.15) is 26.3 Å². The van der Waals surface area contributed by atoms with Crippen molar-refractivity contribution >= 4 is 82.5 Å². The van der Waals surface area contributed by atoms with E-state index in [1.54, 1.807) is 27.7 Å². The van der Waals surface area contributed by atoms with Gasteiger partial charge in [0.15, 0.2) is 0 Å². The highest BCUT2D eigenvalue weighted by molar-refractivity contribution is 6.21. The van der Waals surface area contributed by atoms with Crippen LogP contribution >= 0.6 is 11.6 Å². The molecule has 7 aliphatic rings. The fourth-order valence-corrected chi connectivity index (χ4v) is 16.8. The van der Waals surface area contributed by atoms with Gasteiger partial charge in [-0.25, -0.2) is 0 Å². The SMILES string of the molecule is CC(C)C[C@H]1C(=O)N[C@@H](COCC(F)(F)F)C(=O)N(C)[C@@H](C)C(=O)N2CC[C@H]2C(=O)N(C)[C@@H](CC2CCCCC2)C(=O)N(C)CC(=O)N[C@@H](CCC2CCC(C(F)(F)F)C(Cl)C2)C(=O)N2CCC[C@H]2C(=O)NC2(CCCC2)C(=O)N(C)[C@@H](C(C)C)C(=O)N(C)[C@H](C(=O)N2CCCCC2)CC(=O)N1C. The summed E-state index contributed by atoms with van der Waals surface area (Å²) in [5.74, 6) is -12.4. The second kappa shape index (κ2) is 36.2. The van der Waals surface area contributed by atoms with Crippen LogP contribution in [0, 0.1) is 29.6 Å². The van der Waals surface area contributed by atoms with Crippen molar-refractivity contribution in [2.75, 3.05) is 88.2 Å². The van der Waals surface area contributed by atoms with Crippen LogP contribution < -0.4 is 16.0 Å². The van der Waals surface area contributed by atoms with Crippen LogP contribution in [0.15, 0.2) is 0 Å². The van der Waals surface area contributed by atoms with Crippen LogP contribution in [0.1, 0.15) is 182 Å². The summed E-state index contributed by atoms with van der Waals surface area (Å²) in [5.41, 5.74) is -1.62. The molecule has 103 heavy (non-hydrogen) atoms. The molecule has 1 spiro atoms. The molecule has 3 aliphatic carbocycles. The van der Waals surface area contributed by atoms with Gasteiger partial charge in [0.2, 0.25) is 70.9 Å². The van der Waals surface area contributed by atoms with Crippen LogP contribution in [0.2, 0.25) is 0 Å². The molecule has 4 heterocycles. The Morgan fingerprint density at radius 1 is 0.592 bits per heavy atom. The van der Waals surface area contributed by atoms with E-state index in [2.05, 4.69) is 16.0 Å². The number of rotatable bonds is 12. The van der Waals surface area contributed by atoms with Crippen molar-refractivity contribution in [3.63, 3.8) is 0 Å². The maximum absolute atomic E-state index is 15.4. The van der Waals surface area contributed by atoms with Crippen LogP contribution in [0.4, 0.5) is 26.3 Å². The second-order valence-corrected chi connectivity index (χ2v) is 31.4. The molecular weight excluding hydrogens is 1380 g/mol. The molecule has 12 amide bonds. The van der Waals surface area contributed by atoms with E-state index in [4.69, 9.17) is 16.3 Å². The van der Waals surface area contributed by atoms with Crippen molar-refractivity contribution in [1.29, 1.82) is 0 Å². The van der Waals surface area contributed by atoms with Gasteiger partial charge in [-0.05, 0) is 127 Å². The van der Waals surface area contributed by atoms with E-state index in [-0.39, 0.29) is 109 Å². The van der Waals surface area contributed by atoms with E-state index in [0.29, 0.717) is 32.1 Å². The highest BCUT2D eigenvalue weighted by atomic mass is 35.5. The van der Waals surface area contributed by atoms with Crippen molar-refractivity contribution in [2.24, 2.45) is 29.6 Å². The molecule has 3 N–H and O–H groups in total. The lowest BCUT2D eigenvalue weighted by Crippen LogP contribution is -2.65. The number of halogens is 7. The molecule has 0 aromatic carbocycles. The summed E-state index contributed by atoms with van der Waals surface area (Å²) in [7, 11) is 7.95. The molecule has 0 radical (unpaired) electrons. The summed E-state index contributed by atoms with van der Waals surface area (Å²) in [4.78, 5) is 190. The Morgan fingerprint density at radius 2 is 1.22 bits per heavy atom. The topological polar surface area (TPSA) is 279 Å². The first-order valence-electron chi connectivity index (χ1n) is 37.0. The van der Waals surface area contributed by atoms with Crippen molar-refractivity contribution < 1.29 is 88.6 Å². The number of ether oxygens (including phenoxy) is 1. The normalized spacial score (nSPS) is 30.3. The smallest absolute Gasteiger partial charge is 0.369 e. The molecule has 12 atom stereocenters. The third-order valence-corrected chi connectivity index (χ3v) is 23.1. The molecular formula is C71H111ClF6N12O13. The zero-order chi connectivity index (χ0) is 76.3. The highest BCUT2D eigenvalue weighted by Gasteiger charge is 2.52. The minimum absolute atomic E-state index is 0.0110. The number of carbonyl (C=O) groups excluding carboxylic acids is 12. The summed E-state index contributed by atoms with van der Waals surface area (Å²) in [6.07, 6.45) is -2.28. The van der Waals surface area contributed by atoms with E-state index in [0.717, 1.165) is 58.1 Å². The van der Waals surface area contributed by atoms with Crippen LogP contribution in [0.3, 0.4) is 0 Å². The van der Waals surface area contributed by atoms with Crippen molar-refractivity contribution in [2.45, 2.75) is 260 Å². The minimum Gasteiger partial charge on any atom is -0.369 e. The maximum atomic E-state index is 15.4. The summed E-state index contributed by atoms with van der Waals surface area (Å²) in [5, 5.41) is 7.03. The molecule has 0 aromatic rings. The molecule has 4 saturated heterocycles. The van der Waals surface area contributed by atoms with Crippen LogP contribution in [-0.2, 0) is 62.3 Å². The summed E-state index contributed by atoms with van der Waals surface area (Å²) in [6.45, 7) is 5.22. The summed E-state index contributed by atoms with van der Waals surface area (Å²) in [6, 6.07) is -12.6. The average molecular weight is 1490 g/mol. The van der Waals surface area contributed by atoms with Gasteiger partial charge in [-0.3, -0.25) is 57.5 Å². The number of nitrogens with zero attached hydrogens (tertiary/aromatic N) is 9. The lowest BCUT2D eigenvalue weighted by molar-refractivity contribution is -0.182. The van der Waals surface area contributed by atoms with Crippen LogP contribution in [0.25, 0.3) is 0 Å². The number of piperidine rings is 1. The maximum Gasteiger partial charge on any atom is 0.411 e. The van der Waals surface area contributed by atoms with Gasteiger partial charge >= 0.3 is 12.4 Å². The van der Waals surface area contributed by atoms with Gasteiger partial charge in [0.05, 0.1) is 25.5 Å². The van der Waals surface area contributed by atoms with Crippen molar-refractivity contribution in [3.05, 3.63) is 0 Å². The van der Waals surface area contributed by atoms with Crippen LogP contribution in [-0.4, -0.2) is 281 Å². The van der Waals surface area contributed by atoms with E-state index in [1.807, 2.05) is 0 Å². The molecule has 25 nitrogen and oxygen atoms in total. The fraction of sp³-hybridized carbons (Fsp3) is 0.831. The van der Waals surface area contributed by atoms with E-state index >= 15 is 19.2 Å². The zero-order valence-corrected chi connectivity index (χ0v) is 62.6. The number of fused-ring (bicyclic) bond motifs is 2. The summed E-state index contributed by atoms with van der Waals surface area (Å²) >= 11 is 6.39. The fourth-order valence-electron chi connectivity index (χ4n) is 16.3. The molecule has 32 heteroatoms. The predicted molar refractivity (Wildman–Crippen MR) is 367 cm³/mol. The van der Waals surface area contributed by atoms with Gasteiger partial charge in [-0.15, -0.1) is 11.6 Å². The number of hydrogen-bond donors (Lipinski definition) is 3. The Labute approximate surface area is 606 Å². The minimum atomic E-state index is -4.89. The summed E-state index contributed by atoms with van der Waals surface area (Å²) < 4.78 is 88.2. The van der Waals surface area contributed by atoms with Crippen molar-refractivity contribution in [3.8, 4) is 0 Å². The molecule has 582 valence electrons. The molecule has 0 aromatic heterocycles. The van der Waals surface area contributed by atoms with Crippen LogP contribution in [0.5, 0.6) is 0 Å². The number of hydrogen-bond acceptors (Lipinski definition) is 13. The third kappa shape index (κ3) is 21.0. The second-order valence-electron chi connectivity index (χ2n) is 30.9. The first-order valence-corrected chi connectivity index (χ1v) is 37.5. The molecule has 7 fully saturated rings. The zero-order valence-electron chi connectivity index (χ0n) is 61.9. The Bertz CT molecular complexity index is 3040. The monoisotopic (exact) mass is 1490 g/mol. The van der Waals surface area contributed by atoms with E-state index in [1.165, 1.54) is 73.7 Å². The Balaban J connectivity index is 1.28. The number of nitrogens with one attached hydrogen (secondary N) is 3. The van der Waals surface area contributed by atoms with Gasteiger partial charge in [0.25, 0.3) is 0 Å². The molecule has 4 aliphatic heterocycles. The first-order chi connectivity index (χ1) is 48.3. The Morgan fingerprint density at radius 3 is 1.81 bits per heavy atom. The number of alkyl halides is 7. The number of likely N-dealkylation sites (tertiary alicyclic amines) is 1. The molecule has 3 unspecified atom stereocenters. The van der Waals surface area contributed by atoms with Gasteiger partial charge in [-0.1, -0.05) is 72.6 Å². The average Bonchev–Trinajstić information content (AvgIpc) is 1.77. The lowest BCUT2D eigenvalue weighted by Gasteiger charge is -2.45. The van der Waals surface area contributed by atoms with Gasteiger partial charge in [0, 0.05) is 73.8 Å². The standard InChI is InChI=1S/C71H111ClF6N12O13/c1-42(2)35-53-59(93)80-50(40-103-41-70(73,74)75)62(96)83(7)44(5)61(95)90-34-28-52(90)65(99)85(9)54(37-45-21-14-12-15-22-45)64(98)82(6)39-56(91)79-49(27-25-46-24-26-47(48(72)36-46)71(76,77)78)63(97)89-33-20-23-51(89)60(94)81-69(29-16-17-30-69)68(102)87(11)58(43(3)4)67(101)86(10)55(38-57(92)84(53)8)66(100)88-31-18-13-19-32-88/h42-55,58H,12-41H2,1-11H3,(H,79,91)(H,80,93)(H,81,94)/t44-,46?,47?,48?,49-,50-,51-,52-,53-,54-,55-,58-/m0/s1. The predicted octanol–water partition coefficient (Wildman–Crippen LogP) is 5.62. The molecule has 0 bridgehead atoms. The van der Waals surface area contributed by atoms with Gasteiger partial charge in [0.1, 0.15) is 66.5 Å². The highest BCUT2D eigenvalue weighted by Crippen LogP contribution is 2.44. The van der Waals surface area contributed by atoms with E-state index < -0.39 is 192 Å². The quantitative estimate of drug-likeness (QED) is 0.158. The Kier molecular flexibility index (Phi) is 29.4. The number of likely N-dealkylation sites (N-methyl/N-ethyl adjacent to an activating group) is 6. The lowest BCUT2D eigenvalue weighted by atomic mass is 9.78. The molecule has 3 saturated carbocycles. The van der Waals surface area contributed by atoms with E-state index in [9.17, 15) is 64.7 Å². The number of amides is 12. The van der Waals surface area contributed by atoms with Gasteiger partial charge < -0.3 is 64.8 Å². The third-order valence-electron chi connectivity index (χ3n) is 22.7. The first kappa shape index (κ1) is 83.7. The van der Waals surface area contributed by atoms with Crippen molar-refractivity contribution in [1.82, 2.24) is 60.0 Å². The largest absolute Gasteiger partial charge is 0.411 e. The number of carbonyl (C=O) groups is 12. The Hall–Kier alpha value is -6.53. The molecule has 7 rings (SSSR count).